The molecule has 0 saturated heterocycles. The summed E-state index contributed by atoms with van der Waals surface area (Å²) in [5.41, 5.74) is 4.35. The van der Waals surface area contributed by atoms with Gasteiger partial charge in [-0.3, -0.25) is 4.98 Å². The third-order valence-electron chi connectivity index (χ3n) is 3.72. The van der Waals surface area contributed by atoms with Crippen molar-refractivity contribution in [1.82, 2.24) is 9.97 Å². The first-order valence-electron chi connectivity index (χ1n) is 6.97. The molecule has 3 nitrogen and oxygen atoms in total. The van der Waals surface area contributed by atoms with Gasteiger partial charge in [-0.1, -0.05) is 48.5 Å². The van der Waals surface area contributed by atoms with Crippen molar-refractivity contribution >= 4 is 27.5 Å². The van der Waals surface area contributed by atoms with Crippen LogP contribution in [-0.4, -0.2) is 9.97 Å². The van der Waals surface area contributed by atoms with Crippen LogP contribution in [0.15, 0.2) is 66.9 Å². The normalized spacial score (nSPS) is 10.7. The molecule has 2 aromatic heterocycles. The van der Waals surface area contributed by atoms with Gasteiger partial charge in [0.1, 0.15) is 0 Å². The third-order valence-corrected chi connectivity index (χ3v) is 3.72. The Hall–Kier alpha value is -3.25. The van der Waals surface area contributed by atoms with E-state index in [2.05, 4.69) is 28.0 Å². The van der Waals surface area contributed by atoms with E-state index in [0.29, 0.717) is 5.69 Å². The number of aromatic nitrogens is 2. The summed E-state index contributed by atoms with van der Waals surface area (Å²) in [5.74, 6) is 0. The number of benzene rings is 2. The molecule has 0 fully saturated rings. The van der Waals surface area contributed by atoms with Gasteiger partial charge in [-0.15, -0.1) is 0 Å². The lowest BCUT2D eigenvalue weighted by atomic mass is 10.1. The molecule has 102 valence electrons. The van der Waals surface area contributed by atoms with Gasteiger partial charge >= 0.3 is 0 Å². The van der Waals surface area contributed by atoms with E-state index in [9.17, 15) is 0 Å². The van der Waals surface area contributed by atoms with Crippen LogP contribution in [0.25, 0.3) is 37.9 Å². The molecule has 0 aliphatic rings. The maximum Gasteiger partial charge on any atom is 0.187 e. The molecular weight excluding hydrogens is 270 g/mol. The van der Waals surface area contributed by atoms with E-state index in [4.69, 9.17) is 11.6 Å². The first-order chi connectivity index (χ1) is 10.8. The largest absolute Gasteiger partial charge is 0.254 e. The van der Waals surface area contributed by atoms with Gasteiger partial charge in [0.2, 0.25) is 0 Å². The van der Waals surface area contributed by atoms with Crippen LogP contribution < -0.4 is 0 Å². The molecule has 0 spiro atoms. The molecule has 2 aromatic carbocycles. The molecule has 4 rings (SSSR count). The fourth-order valence-corrected chi connectivity index (χ4v) is 2.59. The molecule has 0 radical (unpaired) electrons. The lowest BCUT2D eigenvalue weighted by Crippen LogP contribution is -1.88. The van der Waals surface area contributed by atoms with Gasteiger partial charge in [-0.05, 0) is 17.7 Å². The Balaban J connectivity index is 1.95. The maximum absolute atomic E-state index is 7.02. The fraction of sp³-hybridized carbons (Fsp3) is 0. The smallest absolute Gasteiger partial charge is 0.187 e. The third kappa shape index (κ3) is 1.99. The molecule has 0 bridgehead atoms. The molecule has 0 amide bonds. The van der Waals surface area contributed by atoms with Crippen molar-refractivity contribution in [2.75, 3.05) is 0 Å². The van der Waals surface area contributed by atoms with E-state index in [-0.39, 0.29) is 0 Å². The summed E-state index contributed by atoms with van der Waals surface area (Å²) in [6.45, 7) is 7.02. The zero-order valence-electron chi connectivity index (χ0n) is 11.7. The fourth-order valence-electron chi connectivity index (χ4n) is 2.59. The van der Waals surface area contributed by atoms with Gasteiger partial charge in [0, 0.05) is 17.0 Å². The predicted molar refractivity (Wildman–Crippen MR) is 88.7 cm³/mol. The van der Waals surface area contributed by atoms with Crippen molar-refractivity contribution in [1.29, 1.82) is 0 Å². The van der Waals surface area contributed by atoms with Crippen molar-refractivity contribution in [2.45, 2.75) is 0 Å². The second-order valence-electron chi connectivity index (χ2n) is 5.07. The first kappa shape index (κ1) is 12.5. The number of hydrogen-bond acceptors (Lipinski definition) is 2. The van der Waals surface area contributed by atoms with Crippen molar-refractivity contribution in [3.05, 3.63) is 78.3 Å². The summed E-state index contributed by atoms with van der Waals surface area (Å²) in [5, 5.41) is 2.16. The Kier molecular flexibility index (Phi) is 2.80. The standard InChI is InChI=1S/C19H11N3/c1-20-16-9-6-13(7-10-16)17-11-8-15-5-4-14-3-2-12-21-18(14)19(15)22-17/h2-12H. The SMILES string of the molecule is [C-]#[N+]c1ccc(-c2ccc3ccc4cccnc4c3n2)cc1. The van der Waals surface area contributed by atoms with E-state index in [0.717, 1.165) is 33.1 Å². The van der Waals surface area contributed by atoms with Gasteiger partial charge < -0.3 is 0 Å². The topological polar surface area (TPSA) is 30.1 Å². The van der Waals surface area contributed by atoms with Crippen LogP contribution in [0.1, 0.15) is 0 Å². The summed E-state index contributed by atoms with van der Waals surface area (Å²) >= 11 is 0. The maximum atomic E-state index is 7.02. The van der Waals surface area contributed by atoms with E-state index < -0.39 is 0 Å². The monoisotopic (exact) mass is 281 g/mol. The van der Waals surface area contributed by atoms with Gasteiger partial charge in [0.05, 0.1) is 23.3 Å². The van der Waals surface area contributed by atoms with Crippen LogP contribution in [0.5, 0.6) is 0 Å². The van der Waals surface area contributed by atoms with E-state index in [1.165, 1.54) is 0 Å². The number of hydrogen-bond donors (Lipinski definition) is 0. The lowest BCUT2D eigenvalue weighted by molar-refractivity contribution is 1.37. The highest BCUT2D eigenvalue weighted by Crippen LogP contribution is 2.26. The molecule has 0 saturated carbocycles. The average Bonchev–Trinajstić information content (AvgIpc) is 2.61. The van der Waals surface area contributed by atoms with Gasteiger partial charge in [0.25, 0.3) is 0 Å². The van der Waals surface area contributed by atoms with E-state index in [1.54, 1.807) is 6.20 Å². The number of fused-ring (bicyclic) bond motifs is 3. The van der Waals surface area contributed by atoms with E-state index >= 15 is 0 Å². The lowest BCUT2D eigenvalue weighted by Gasteiger charge is -2.06. The van der Waals surface area contributed by atoms with Crippen LogP contribution in [0.3, 0.4) is 0 Å². The second kappa shape index (κ2) is 4.94. The molecule has 2 heterocycles. The van der Waals surface area contributed by atoms with Gasteiger partial charge in [0.15, 0.2) is 5.69 Å². The Morgan fingerprint density at radius 1 is 0.773 bits per heavy atom. The van der Waals surface area contributed by atoms with Crippen LogP contribution in [-0.2, 0) is 0 Å². The Bertz CT molecular complexity index is 1030. The van der Waals surface area contributed by atoms with Crippen molar-refractivity contribution in [3.63, 3.8) is 0 Å². The Morgan fingerprint density at radius 3 is 2.27 bits per heavy atom. The van der Waals surface area contributed by atoms with E-state index in [1.807, 2.05) is 42.5 Å². The van der Waals surface area contributed by atoms with Crippen LogP contribution in [0, 0.1) is 6.57 Å². The molecule has 22 heavy (non-hydrogen) atoms. The second-order valence-corrected chi connectivity index (χ2v) is 5.07. The Morgan fingerprint density at radius 2 is 1.50 bits per heavy atom. The minimum absolute atomic E-state index is 0.636. The highest BCUT2D eigenvalue weighted by atomic mass is 14.8. The number of rotatable bonds is 1. The first-order valence-corrected chi connectivity index (χ1v) is 6.97. The molecule has 0 aliphatic heterocycles. The predicted octanol–water partition coefficient (Wildman–Crippen LogP) is 5.00. The van der Waals surface area contributed by atoms with Crippen LogP contribution in [0.4, 0.5) is 5.69 Å². The van der Waals surface area contributed by atoms with Crippen LogP contribution >= 0.6 is 0 Å². The summed E-state index contributed by atoms with van der Waals surface area (Å²) in [6.07, 6.45) is 1.79. The quantitative estimate of drug-likeness (QED) is 0.363. The minimum Gasteiger partial charge on any atom is -0.254 e. The van der Waals surface area contributed by atoms with Crippen molar-refractivity contribution < 1.29 is 0 Å². The minimum atomic E-state index is 0.636. The molecule has 0 aliphatic carbocycles. The van der Waals surface area contributed by atoms with Crippen molar-refractivity contribution in [3.8, 4) is 11.3 Å². The highest BCUT2D eigenvalue weighted by Gasteiger charge is 2.06. The molecule has 0 atom stereocenters. The van der Waals surface area contributed by atoms with Gasteiger partial charge in [-0.25, -0.2) is 9.83 Å². The van der Waals surface area contributed by atoms with Crippen molar-refractivity contribution in [2.24, 2.45) is 0 Å². The highest BCUT2D eigenvalue weighted by molar-refractivity contribution is 6.03. The zero-order valence-corrected chi connectivity index (χ0v) is 11.7. The molecular formula is C19H11N3. The number of pyridine rings is 2. The Labute approximate surface area is 127 Å². The average molecular weight is 281 g/mol. The summed E-state index contributed by atoms with van der Waals surface area (Å²) in [7, 11) is 0. The zero-order chi connectivity index (χ0) is 14.9. The summed E-state index contributed by atoms with van der Waals surface area (Å²) in [4.78, 5) is 12.7. The van der Waals surface area contributed by atoms with Gasteiger partial charge in [-0.2, -0.15) is 0 Å². The summed E-state index contributed by atoms with van der Waals surface area (Å²) in [6, 6.07) is 19.7. The number of nitrogens with zero attached hydrogens (tertiary/aromatic N) is 3. The molecule has 4 aromatic rings. The van der Waals surface area contributed by atoms with Crippen LogP contribution in [0.2, 0.25) is 0 Å². The molecule has 0 N–H and O–H groups in total. The summed E-state index contributed by atoms with van der Waals surface area (Å²) < 4.78 is 0. The molecule has 0 unspecified atom stereocenters. The molecule has 3 heteroatoms.